The van der Waals surface area contributed by atoms with E-state index in [1.807, 2.05) is 22.7 Å². The average Bonchev–Trinajstić information content (AvgIpc) is 3.75. The van der Waals surface area contributed by atoms with Crippen molar-refractivity contribution < 1.29 is 0 Å². The molecule has 11 rings (SSSR count). The summed E-state index contributed by atoms with van der Waals surface area (Å²) in [6, 6.07) is 61.5. The smallest absolute Gasteiger partial charge is 0.0362 e. The van der Waals surface area contributed by atoms with Gasteiger partial charge < -0.3 is 0 Å². The summed E-state index contributed by atoms with van der Waals surface area (Å²) in [4.78, 5) is 0. The van der Waals surface area contributed by atoms with Gasteiger partial charge in [0, 0.05) is 49.3 Å². The van der Waals surface area contributed by atoms with Crippen LogP contribution in [0.5, 0.6) is 0 Å². The molecule has 0 saturated heterocycles. The lowest BCUT2D eigenvalue weighted by molar-refractivity contribution is 1.57. The molecule has 0 N–H and O–H groups in total. The van der Waals surface area contributed by atoms with Crippen molar-refractivity contribution in [2.45, 2.75) is 0 Å². The highest BCUT2D eigenvalue weighted by Crippen LogP contribution is 2.43. The highest BCUT2D eigenvalue weighted by molar-refractivity contribution is 9.10. The van der Waals surface area contributed by atoms with Crippen molar-refractivity contribution in [3.05, 3.63) is 179 Å². The van der Waals surface area contributed by atoms with E-state index in [2.05, 4.69) is 202 Å². The number of hydrogen-bond acceptors (Lipinski definition) is 2. The SMILES string of the molecule is Brc1ccc(-c2ccc3c(c2)sc2ccccc23)c(-c2ccccc2)c1.Brc1ccc2c(c1)c1ccccc1c1cc3c(cc21)sc1ccccc13. The zero-order valence-corrected chi connectivity index (χ0v) is 32.5. The molecule has 0 aliphatic carbocycles. The molecule has 0 unspecified atom stereocenters. The largest absolute Gasteiger partial charge is 0.135 e. The van der Waals surface area contributed by atoms with Crippen LogP contribution in [0.3, 0.4) is 0 Å². The predicted octanol–water partition coefficient (Wildman–Crippen LogP) is 16.4. The maximum atomic E-state index is 3.65. The molecule has 0 aliphatic rings. The minimum Gasteiger partial charge on any atom is -0.135 e. The number of hydrogen-bond donors (Lipinski definition) is 0. The van der Waals surface area contributed by atoms with Crippen LogP contribution in [0, 0.1) is 0 Å². The number of benzene rings is 9. The van der Waals surface area contributed by atoms with Gasteiger partial charge in [-0.15, -0.1) is 22.7 Å². The quantitative estimate of drug-likeness (QED) is 0.152. The summed E-state index contributed by atoms with van der Waals surface area (Å²) in [7, 11) is 0. The van der Waals surface area contributed by atoms with E-state index in [-0.39, 0.29) is 0 Å². The van der Waals surface area contributed by atoms with Gasteiger partial charge in [-0.3, -0.25) is 0 Å². The first-order valence-corrected chi connectivity index (χ1v) is 20.4. The second-order valence-electron chi connectivity index (χ2n) is 13.1. The normalized spacial score (nSPS) is 11.7. The molecule has 2 aromatic heterocycles. The van der Waals surface area contributed by atoms with E-state index in [0.717, 1.165) is 8.95 Å². The maximum absolute atomic E-state index is 3.65. The van der Waals surface area contributed by atoms with Crippen molar-refractivity contribution in [2.75, 3.05) is 0 Å². The van der Waals surface area contributed by atoms with Crippen LogP contribution in [-0.4, -0.2) is 0 Å². The second-order valence-corrected chi connectivity index (χ2v) is 17.1. The summed E-state index contributed by atoms with van der Waals surface area (Å²) in [6.45, 7) is 0. The zero-order valence-electron chi connectivity index (χ0n) is 27.7. The third kappa shape index (κ3) is 5.45. The van der Waals surface area contributed by atoms with Crippen LogP contribution in [0.15, 0.2) is 179 Å². The summed E-state index contributed by atoms with van der Waals surface area (Å²) in [5, 5.41) is 13.3. The van der Waals surface area contributed by atoms with Gasteiger partial charge in [-0.05, 0) is 109 Å². The molecule has 246 valence electrons. The van der Waals surface area contributed by atoms with Gasteiger partial charge in [-0.25, -0.2) is 0 Å². The van der Waals surface area contributed by atoms with Crippen molar-refractivity contribution in [3.63, 3.8) is 0 Å². The lowest BCUT2D eigenvalue weighted by Gasteiger charge is -2.11. The van der Waals surface area contributed by atoms with E-state index < -0.39 is 0 Å². The standard InChI is InChI=1S/C24H13BrS.C24H15BrS/c25-14-9-10-17-19(11-14)15-5-1-2-6-16(15)20-12-22-18-7-3-4-8-23(18)26-24(22)13-21(17)20;25-18-11-13-19(22(15-18)16-6-2-1-3-7-16)17-10-12-21-20-8-4-5-9-23(20)26-24(21)14-17/h1-13H;1-15H. The number of halogens is 2. The molecule has 0 nitrogen and oxygen atoms in total. The average molecular weight is 829 g/mol. The fraction of sp³-hybridized carbons (Fsp3) is 0. The number of fused-ring (bicyclic) bond motifs is 12. The van der Waals surface area contributed by atoms with Gasteiger partial charge in [0.1, 0.15) is 0 Å². The first-order valence-electron chi connectivity index (χ1n) is 17.2. The Bertz CT molecular complexity index is 3150. The van der Waals surface area contributed by atoms with Crippen molar-refractivity contribution in [1.82, 2.24) is 0 Å². The van der Waals surface area contributed by atoms with Gasteiger partial charge in [0.25, 0.3) is 0 Å². The molecule has 0 radical (unpaired) electrons. The Morgan fingerprint density at radius 3 is 1.50 bits per heavy atom. The minimum atomic E-state index is 1.10. The van der Waals surface area contributed by atoms with E-state index in [1.165, 1.54) is 94.9 Å². The number of rotatable bonds is 2. The summed E-state index contributed by atoms with van der Waals surface area (Å²) < 4.78 is 7.62. The topological polar surface area (TPSA) is 0 Å². The molecule has 52 heavy (non-hydrogen) atoms. The fourth-order valence-corrected chi connectivity index (χ4v) is 10.7. The molecule has 0 amide bonds. The molecule has 0 fully saturated rings. The molecule has 0 spiro atoms. The Hall–Kier alpha value is -4.84. The van der Waals surface area contributed by atoms with E-state index in [0.29, 0.717) is 0 Å². The van der Waals surface area contributed by atoms with E-state index in [1.54, 1.807) is 0 Å². The molecule has 0 saturated carbocycles. The third-order valence-electron chi connectivity index (χ3n) is 10.1. The van der Waals surface area contributed by atoms with Gasteiger partial charge in [0.05, 0.1) is 0 Å². The van der Waals surface area contributed by atoms with Crippen LogP contribution in [-0.2, 0) is 0 Å². The van der Waals surface area contributed by atoms with Crippen LogP contribution in [0.2, 0.25) is 0 Å². The van der Waals surface area contributed by atoms with Crippen LogP contribution in [0.1, 0.15) is 0 Å². The predicted molar refractivity (Wildman–Crippen MR) is 237 cm³/mol. The van der Waals surface area contributed by atoms with Crippen molar-refractivity contribution in [1.29, 1.82) is 0 Å². The van der Waals surface area contributed by atoms with Gasteiger partial charge in [-0.2, -0.15) is 0 Å². The first-order chi connectivity index (χ1) is 25.6. The Morgan fingerprint density at radius 2 is 0.769 bits per heavy atom. The van der Waals surface area contributed by atoms with Crippen LogP contribution < -0.4 is 0 Å². The van der Waals surface area contributed by atoms with Gasteiger partial charge in [-0.1, -0.05) is 147 Å². The van der Waals surface area contributed by atoms with Crippen LogP contribution in [0.25, 0.3) is 94.9 Å². The molecule has 0 bridgehead atoms. The lowest BCUT2D eigenvalue weighted by atomic mass is 9.93. The molecular weight excluding hydrogens is 800 g/mol. The Morgan fingerprint density at radius 1 is 0.269 bits per heavy atom. The second kappa shape index (κ2) is 13.0. The first kappa shape index (κ1) is 31.9. The van der Waals surface area contributed by atoms with Crippen LogP contribution in [0.4, 0.5) is 0 Å². The Kier molecular flexibility index (Phi) is 7.95. The van der Waals surface area contributed by atoms with E-state index >= 15 is 0 Å². The summed E-state index contributed by atoms with van der Waals surface area (Å²) in [5.74, 6) is 0. The molecule has 11 aromatic rings. The minimum absolute atomic E-state index is 1.10. The molecule has 2 heterocycles. The highest BCUT2D eigenvalue weighted by Gasteiger charge is 2.14. The third-order valence-corrected chi connectivity index (χ3v) is 13.3. The van der Waals surface area contributed by atoms with Crippen molar-refractivity contribution >= 4 is 127 Å². The van der Waals surface area contributed by atoms with E-state index in [4.69, 9.17) is 0 Å². The summed E-state index contributed by atoms with van der Waals surface area (Å²) >= 11 is 11.0. The Labute approximate surface area is 325 Å². The number of thiophene rings is 2. The van der Waals surface area contributed by atoms with Crippen molar-refractivity contribution in [3.8, 4) is 22.3 Å². The van der Waals surface area contributed by atoms with E-state index in [9.17, 15) is 0 Å². The fourth-order valence-electron chi connectivity index (χ4n) is 7.66. The summed E-state index contributed by atoms with van der Waals surface area (Å²) in [6.07, 6.45) is 0. The molecule has 9 aromatic carbocycles. The van der Waals surface area contributed by atoms with Gasteiger partial charge >= 0.3 is 0 Å². The van der Waals surface area contributed by atoms with Crippen molar-refractivity contribution in [2.24, 2.45) is 0 Å². The molecular formula is C48H28Br2S2. The zero-order chi connectivity index (χ0) is 34.8. The molecule has 0 atom stereocenters. The molecule has 4 heteroatoms. The Balaban J connectivity index is 0.000000130. The summed E-state index contributed by atoms with van der Waals surface area (Å²) in [5.41, 5.74) is 5.01. The van der Waals surface area contributed by atoms with Gasteiger partial charge in [0.2, 0.25) is 0 Å². The molecule has 0 aliphatic heterocycles. The van der Waals surface area contributed by atoms with Crippen LogP contribution >= 0.6 is 54.5 Å². The van der Waals surface area contributed by atoms with Gasteiger partial charge in [0.15, 0.2) is 0 Å². The maximum Gasteiger partial charge on any atom is 0.0362 e. The monoisotopic (exact) mass is 826 g/mol. The lowest BCUT2D eigenvalue weighted by Crippen LogP contribution is -1.85. The highest BCUT2D eigenvalue weighted by atomic mass is 79.9.